The summed E-state index contributed by atoms with van der Waals surface area (Å²) in [6, 6.07) is -1.99. The van der Waals surface area contributed by atoms with Crippen molar-refractivity contribution in [2.24, 2.45) is 0 Å². The largest absolute Gasteiger partial charge is 0.462 e. The van der Waals surface area contributed by atoms with Crippen LogP contribution in [0.4, 0.5) is 4.79 Å². The fourth-order valence-corrected chi connectivity index (χ4v) is 3.80. The molecule has 2 amide bonds. The first kappa shape index (κ1) is 21.4. The number of nitrogens with zero attached hydrogens (tertiary/aromatic N) is 1. The van der Waals surface area contributed by atoms with Crippen LogP contribution < -0.4 is 5.32 Å². The summed E-state index contributed by atoms with van der Waals surface area (Å²) in [7, 11) is 0. The number of esters is 2. The predicted octanol–water partition coefficient (Wildman–Crippen LogP) is 0.0969. The van der Waals surface area contributed by atoms with Crippen LogP contribution in [0.3, 0.4) is 0 Å². The minimum Gasteiger partial charge on any atom is -0.462 e. The second-order valence-electron chi connectivity index (χ2n) is 6.12. The average molecular weight is 412 g/mol. The Labute approximate surface area is 165 Å². The first-order chi connectivity index (χ1) is 13.3. The SMILES string of the molecule is CC(=O)OCC1=CSC2[C@H](NC(=O)OC(C)C)C(=O)N2C1C(=O)OCC#CO. The molecule has 11 heteroatoms. The summed E-state index contributed by atoms with van der Waals surface area (Å²) in [5.41, 5.74) is 0.356. The van der Waals surface area contributed by atoms with Crippen molar-refractivity contribution in [3.63, 3.8) is 0 Å². The molecule has 0 aromatic rings. The van der Waals surface area contributed by atoms with Gasteiger partial charge in [0.05, 0.1) is 6.10 Å². The maximum atomic E-state index is 12.6. The van der Waals surface area contributed by atoms with Crippen LogP contribution in [0.5, 0.6) is 0 Å². The third kappa shape index (κ3) is 4.89. The Balaban J connectivity index is 2.15. The summed E-state index contributed by atoms with van der Waals surface area (Å²) in [5.74, 6) is 0.336. The van der Waals surface area contributed by atoms with Crippen molar-refractivity contribution in [3.05, 3.63) is 11.0 Å². The molecular formula is C17H20N2O8S. The Kier molecular flexibility index (Phi) is 7.17. The van der Waals surface area contributed by atoms with Gasteiger partial charge in [-0.25, -0.2) is 9.59 Å². The number of fused-ring (bicyclic) bond motifs is 1. The molecule has 152 valence electrons. The molecule has 0 aromatic heterocycles. The zero-order valence-corrected chi connectivity index (χ0v) is 16.3. The first-order valence-electron chi connectivity index (χ1n) is 8.32. The lowest BCUT2D eigenvalue weighted by Gasteiger charge is -2.51. The summed E-state index contributed by atoms with van der Waals surface area (Å²) in [6.07, 6.45) is 0.520. The standard InChI is InChI=1S/C17H20N2O8S/c1-9(2)27-17(24)18-12-14(22)19-13(16(23)25-6-4-5-20)11(7-26-10(3)21)8-28-15(12)19/h8-9,12-13,15,20H,6-7H2,1-3H3,(H,18,24)/t12-,13?,15?/m1/s1. The zero-order valence-electron chi connectivity index (χ0n) is 15.5. The predicted molar refractivity (Wildman–Crippen MR) is 95.9 cm³/mol. The molecule has 2 N–H and O–H groups in total. The van der Waals surface area contributed by atoms with Crippen LogP contribution >= 0.6 is 11.8 Å². The summed E-state index contributed by atoms with van der Waals surface area (Å²) >= 11 is 1.20. The highest BCUT2D eigenvalue weighted by molar-refractivity contribution is 8.02. The molecule has 0 aromatic carbocycles. The molecule has 2 aliphatic rings. The quantitative estimate of drug-likeness (QED) is 0.270. The molecule has 0 bridgehead atoms. The Bertz CT molecular complexity index is 754. The monoisotopic (exact) mass is 412 g/mol. The molecule has 3 atom stereocenters. The number of nitrogens with one attached hydrogen (secondary N) is 1. The molecule has 0 spiro atoms. The van der Waals surface area contributed by atoms with E-state index in [0.29, 0.717) is 5.57 Å². The molecule has 1 saturated heterocycles. The molecular weight excluding hydrogens is 392 g/mol. The van der Waals surface area contributed by atoms with Gasteiger partial charge in [-0.1, -0.05) is 0 Å². The number of rotatable bonds is 6. The lowest BCUT2D eigenvalue weighted by molar-refractivity contribution is -0.162. The van der Waals surface area contributed by atoms with Gasteiger partial charge in [0.2, 0.25) is 5.91 Å². The third-order valence-electron chi connectivity index (χ3n) is 3.72. The van der Waals surface area contributed by atoms with E-state index in [-0.39, 0.29) is 19.3 Å². The fraction of sp³-hybridized carbons (Fsp3) is 0.529. The first-order valence-corrected chi connectivity index (χ1v) is 9.26. The van der Waals surface area contributed by atoms with Crippen molar-refractivity contribution in [2.45, 2.75) is 44.3 Å². The molecule has 28 heavy (non-hydrogen) atoms. The Hall–Kier alpha value is -2.87. The highest BCUT2D eigenvalue weighted by Crippen LogP contribution is 2.40. The number of β-lactam (4-membered cyclic amide) rings is 1. The summed E-state index contributed by atoms with van der Waals surface area (Å²) in [4.78, 5) is 49.2. The summed E-state index contributed by atoms with van der Waals surface area (Å²) in [5, 5.41) is 12.0. The van der Waals surface area contributed by atoms with Crippen LogP contribution in [-0.2, 0) is 28.6 Å². The Morgan fingerprint density at radius 3 is 2.68 bits per heavy atom. The minimum absolute atomic E-state index is 0.197. The van der Waals surface area contributed by atoms with Gasteiger partial charge >= 0.3 is 18.0 Å². The van der Waals surface area contributed by atoms with E-state index in [1.165, 1.54) is 23.6 Å². The van der Waals surface area contributed by atoms with E-state index in [2.05, 4.69) is 11.2 Å². The highest BCUT2D eigenvalue weighted by Gasteiger charge is 2.56. The van der Waals surface area contributed by atoms with Gasteiger partial charge in [-0.2, -0.15) is 0 Å². The van der Waals surface area contributed by atoms with E-state index < -0.39 is 41.4 Å². The average Bonchev–Trinajstić information content (AvgIpc) is 2.63. The Morgan fingerprint density at radius 2 is 2.07 bits per heavy atom. The van der Waals surface area contributed by atoms with Crippen molar-refractivity contribution < 1.29 is 38.5 Å². The lowest BCUT2D eigenvalue weighted by Crippen LogP contribution is -2.74. The maximum absolute atomic E-state index is 12.6. The number of aliphatic hydroxyl groups excluding tert-OH is 1. The number of alkyl carbamates (subject to hydrolysis) is 1. The van der Waals surface area contributed by atoms with Crippen molar-refractivity contribution in [2.75, 3.05) is 13.2 Å². The molecule has 2 aliphatic heterocycles. The number of amides is 2. The molecule has 10 nitrogen and oxygen atoms in total. The molecule has 2 unspecified atom stereocenters. The third-order valence-corrected chi connectivity index (χ3v) is 4.93. The normalized spacial score (nSPS) is 22.7. The van der Waals surface area contributed by atoms with Gasteiger partial charge in [-0.05, 0) is 25.2 Å². The topological polar surface area (TPSA) is 131 Å². The van der Waals surface area contributed by atoms with Crippen molar-refractivity contribution in [1.82, 2.24) is 10.2 Å². The summed E-state index contributed by atoms with van der Waals surface area (Å²) in [6.45, 7) is 4.01. The highest BCUT2D eigenvalue weighted by atomic mass is 32.2. The minimum atomic E-state index is -1.13. The van der Waals surface area contributed by atoms with Crippen LogP contribution in [0.25, 0.3) is 0 Å². The van der Waals surface area contributed by atoms with E-state index in [9.17, 15) is 19.2 Å². The number of hydrogen-bond acceptors (Lipinski definition) is 9. The number of aliphatic hydroxyl groups is 1. The van der Waals surface area contributed by atoms with Gasteiger partial charge in [0, 0.05) is 12.5 Å². The van der Waals surface area contributed by atoms with Crippen molar-refractivity contribution >= 4 is 35.7 Å². The van der Waals surface area contributed by atoms with Gasteiger partial charge < -0.3 is 29.5 Å². The number of carbonyl (C=O) groups is 4. The maximum Gasteiger partial charge on any atom is 0.408 e. The molecule has 0 aliphatic carbocycles. The number of carbonyl (C=O) groups excluding carboxylic acids is 4. The van der Waals surface area contributed by atoms with Crippen LogP contribution in [0.1, 0.15) is 20.8 Å². The number of ether oxygens (including phenoxy) is 3. The molecule has 0 saturated carbocycles. The van der Waals surface area contributed by atoms with Gasteiger partial charge in [-0.15, -0.1) is 11.8 Å². The lowest BCUT2D eigenvalue weighted by atomic mass is 9.98. The molecule has 2 rings (SSSR count). The van der Waals surface area contributed by atoms with Gasteiger partial charge in [0.15, 0.2) is 12.6 Å². The van der Waals surface area contributed by atoms with E-state index in [0.717, 1.165) is 0 Å². The van der Waals surface area contributed by atoms with Crippen LogP contribution in [-0.4, -0.2) is 70.7 Å². The smallest absolute Gasteiger partial charge is 0.408 e. The Morgan fingerprint density at radius 1 is 1.36 bits per heavy atom. The second kappa shape index (κ2) is 9.36. The van der Waals surface area contributed by atoms with Crippen molar-refractivity contribution in [3.8, 4) is 12.0 Å². The number of hydrogen-bond donors (Lipinski definition) is 2. The van der Waals surface area contributed by atoms with Gasteiger partial charge in [0.25, 0.3) is 0 Å². The molecule has 0 radical (unpaired) electrons. The van der Waals surface area contributed by atoms with Gasteiger partial charge in [0.1, 0.15) is 24.1 Å². The fourth-order valence-electron chi connectivity index (χ4n) is 2.59. The molecule has 1 fully saturated rings. The van der Waals surface area contributed by atoms with Crippen LogP contribution in [0.15, 0.2) is 11.0 Å². The van der Waals surface area contributed by atoms with Crippen LogP contribution in [0, 0.1) is 12.0 Å². The van der Waals surface area contributed by atoms with E-state index in [1.807, 2.05) is 0 Å². The number of thioether (sulfide) groups is 1. The van der Waals surface area contributed by atoms with E-state index in [4.69, 9.17) is 19.3 Å². The van der Waals surface area contributed by atoms with Gasteiger partial charge in [-0.3, -0.25) is 9.59 Å². The van der Waals surface area contributed by atoms with E-state index in [1.54, 1.807) is 25.4 Å². The van der Waals surface area contributed by atoms with Crippen LogP contribution in [0.2, 0.25) is 0 Å². The van der Waals surface area contributed by atoms with Crippen molar-refractivity contribution in [1.29, 1.82) is 0 Å². The van der Waals surface area contributed by atoms with E-state index >= 15 is 0 Å². The summed E-state index contributed by atoms with van der Waals surface area (Å²) < 4.78 is 14.9. The molecule has 2 heterocycles. The zero-order chi connectivity index (χ0) is 20.8. The second-order valence-corrected chi connectivity index (χ2v) is 7.11.